The number of aromatic nitrogens is 3. The summed E-state index contributed by atoms with van der Waals surface area (Å²) < 4.78 is 6.60. The third-order valence-corrected chi connectivity index (χ3v) is 7.08. The van der Waals surface area contributed by atoms with Gasteiger partial charge in [-0.3, -0.25) is 14.3 Å². The fourth-order valence-corrected chi connectivity index (χ4v) is 4.75. The molecule has 0 radical (unpaired) electrons. The number of hydrogen-bond acceptors (Lipinski definition) is 11. The van der Waals surface area contributed by atoms with Crippen LogP contribution in [0.1, 0.15) is 24.6 Å². The van der Waals surface area contributed by atoms with Crippen molar-refractivity contribution in [3.8, 4) is 0 Å². The van der Waals surface area contributed by atoms with Crippen molar-refractivity contribution in [2.75, 3.05) is 23.9 Å². The van der Waals surface area contributed by atoms with Gasteiger partial charge in [0.05, 0.1) is 11.4 Å². The fraction of sp³-hybridized carbons (Fsp3) is 0.520. The topological polar surface area (TPSA) is 211 Å². The molecule has 0 unspecified atom stereocenters. The van der Waals surface area contributed by atoms with E-state index in [4.69, 9.17) is 9.84 Å². The number of anilines is 2. The molecule has 212 valence electrons. The molecule has 0 aliphatic carbocycles. The summed E-state index contributed by atoms with van der Waals surface area (Å²) in [6, 6.07) is 4.48. The molecule has 3 heterocycles. The minimum absolute atomic E-state index is 0.0171. The van der Waals surface area contributed by atoms with Gasteiger partial charge in [0.1, 0.15) is 18.3 Å². The van der Waals surface area contributed by atoms with Crippen molar-refractivity contribution in [3.63, 3.8) is 0 Å². The Bertz CT molecular complexity index is 1240. The Morgan fingerprint density at radius 1 is 1.23 bits per heavy atom. The van der Waals surface area contributed by atoms with E-state index in [1.807, 2.05) is 6.08 Å². The molecule has 1 aromatic heterocycles. The Morgan fingerprint density at radius 3 is 2.69 bits per heavy atom. The van der Waals surface area contributed by atoms with Crippen LogP contribution in [0.2, 0.25) is 0 Å². The summed E-state index contributed by atoms with van der Waals surface area (Å²) in [5, 5.41) is 70.4. The molecule has 2 aliphatic rings. The van der Waals surface area contributed by atoms with Crippen molar-refractivity contribution in [1.82, 2.24) is 15.0 Å². The summed E-state index contributed by atoms with van der Waals surface area (Å²) >= 11 is 0. The van der Waals surface area contributed by atoms with E-state index in [-0.39, 0.29) is 17.9 Å². The molecule has 1 aromatic carbocycles. The van der Waals surface area contributed by atoms with Crippen LogP contribution in [0.5, 0.6) is 0 Å². The van der Waals surface area contributed by atoms with Crippen molar-refractivity contribution in [2.45, 2.75) is 62.6 Å². The average molecular weight is 548 g/mol. The van der Waals surface area contributed by atoms with Crippen LogP contribution in [0, 0.1) is 5.92 Å². The Kier molecular flexibility index (Phi) is 8.46. The lowest BCUT2D eigenvalue weighted by Crippen LogP contribution is -2.60. The van der Waals surface area contributed by atoms with E-state index in [0.717, 1.165) is 0 Å². The van der Waals surface area contributed by atoms with Gasteiger partial charge < -0.3 is 45.6 Å². The summed E-state index contributed by atoms with van der Waals surface area (Å²) in [5.41, 5.74) is -0.372. The number of nitrogens with one attached hydrogen (secondary N) is 1. The molecule has 39 heavy (non-hydrogen) atoms. The second kappa shape index (κ2) is 11.5. The van der Waals surface area contributed by atoms with E-state index in [1.54, 1.807) is 29.9 Å². The number of amides is 2. The van der Waals surface area contributed by atoms with Gasteiger partial charge in [-0.2, -0.15) is 0 Å². The summed E-state index contributed by atoms with van der Waals surface area (Å²) in [7, 11) is 1.53. The number of nitrogens with zero attached hydrogens (tertiary/aromatic N) is 4. The van der Waals surface area contributed by atoms with Crippen molar-refractivity contribution >= 4 is 23.2 Å². The van der Waals surface area contributed by atoms with Crippen LogP contribution >= 0.6 is 0 Å². The number of likely N-dealkylation sites (N-methyl/N-ethyl adjacent to an activating group) is 1. The van der Waals surface area contributed by atoms with Crippen LogP contribution in [0.25, 0.3) is 0 Å². The number of benzene rings is 1. The van der Waals surface area contributed by atoms with Gasteiger partial charge in [0, 0.05) is 50.0 Å². The molecular formula is C25H33N5O9. The number of allylic oxidation sites excluding steroid dienone is 1. The molecule has 2 aliphatic heterocycles. The van der Waals surface area contributed by atoms with Crippen molar-refractivity contribution in [1.29, 1.82) is 0 Å². The van der Waals surface area contributed by atoms with Crippen LogP contribution in [-0.2, 0) is 32.9 Å². The van der Waals surface area contributed by atoms with E-state index in [9.17, 15) is 35.1 Å². The standard InChI is InChI=1S/C25H33N5O9/c1-13(5-3-4-9-30-12-15(8-10-31)27-28-30)25(38)16-11-14(6-7-17(16)29(2)24(25)37)26-22(35)21-19(33)18(32)20(34)23(36)39-21/h3,5-7,11-13,18-21,23,31-34,36,38H,4,8-10H2,1-2H3,(H,26,35)/b5-3+/t13-,18+,19+,20-,21+,23-,25+/m1/s1. The highest BCUT2D eigenvalue weighted by atomic mass is 16.6. The molecule has 7 atom stereocenters. The Balaban J connectivity index is 1.48. The molecule has 2 amide bonds. The molecule has 0 spiro atoms. The van der Waals surface area contributed by atoms with Crippen LogP contribution in [0.4, 0.5) is 11.4 Å². The second-order valence-corrected chi connectivity index (χ2v) is 9.72. The monoisotopic (exact) mass is 547 g/mol. The van der Waals surface area contributed by atoms with Crippen LogP contribution < -0.4 is 10.2 Å². The molecule has 0 saturated carbocycles. The molecule has 14 nitrogen and oxygen atoms in total. The van der Waals surface area contributed by atoms with Gasteiger partial charge in [0.15, 0.2) is 18.0 Å². The van der Waals surface area contributed by atoms with Gasteiger partial charge in [-0.05, 0) is 24.6 Å². The minimum atomic E-state index is -1.93. The predicted molar refractivity (Wildman–Crippen MR) is 135 cm³/mol. The molecule has 14 heteroatoms. The lowest BCUT2D eigenvalue weighted by Gasteiger charge is -2.37. The lowest BCUT2D eigenvalue weighted by molar-refractivity contribution is -0.274. The number of hydrogen-bond donors (Lipinski definition) is 7. The quantitative estimate of drug-likeness (QED) is 0.171. The second-order valence-electron chi connectivity index (χ2n) is 9.72. The molecular weight excluding hydrogens is 514 g/mol. The van der Waals surface area contributed by atoms with Gasteiger partial charge in [-0.25, -0.2) is 0 Å². The first-order valence-corrected chi connectivity index (χ1v) is 12.5. The van der Waals surface area contributed by atoms with Crippen LogP contribution in [0.3, 0.4) is 0 Å². The van der Waals surface area contributed by atoms with E-state index in [0.29, 0.717) is 30.8 Å². The van der Waals surface area contributed by atoms with E-state index >= 15 is 0 Å². The first-order valence-electron chi connectivity index (χ1n) is 12.5. The smallest absolute Gasteiger partial charge is 0.264 e. The van der Waals surface area contributed by atoms with E-state index in [1.165, 1.54) is 24.1 Å². The molecule has 4 rings (SSSR count). The number of carbonyl (C=O) groups is 2. The van der Waals surface area contributed by atoms with Crippen LogP contribution in [-0.4, -0.2) is 102 Å². The summed E-state index contributed by atoms with van der Waals surface area (Å²) in [6.45, 7) is 2.19. The number of aryl methyl sites for hydroxylation is 1. The summed E-state index contributed by atoms with van der Waals surface area (Å²) in [6.07, 6.45) is -2.70. The summed E-state index contributed by atoms with van der Waals surface area (Å²) in [5.74, 6) is -2.11. The van der Waals surface area contributed by atoms with E-state index < -0.39 is 54.0 Å². The minimum Gasteiger partial charge on any atom is -0.396 e. The highest BCUT2D eigenvalue weighted by Gasteiger charge is 2.52. The van der Waals surface area contributed by atoms with Gasteiger partial charge >= 0.3 is 0 Å². The number of fused-ring (bicyclic) bond motifs is 1. The predicted octanol–water partition coefficient (Wildman–Crippen LogP) is -2.00. The zero-order valence-electron chi connectivity index (χ0n) is 21.5. The third kappa shape index (κ3) is 5.45. The zero-order chi connectivity index (χ0) is 28.5. The number of ether oxygens (including phenoxy) is 1. The summed E-state index contributed by atoms with van der Waals surface area (Å²) in [4.78, 5) is 27.2. The van der Waals surface area contributed by atoms with Crippen molar-refractivity contribution in [2.24, 2.45) is 5.92 Å². The fourth-order valence-electron chi connectivity index (χ4n) is 4.75. The number of aliphatic hydroxyl groups excluding tert-OH is 5. The molecule has 1 fully saturated rings. The Morgan fingerprint density at radius 2 is 1.97 bits per heavy atom. The SMILES string of the molecule is C[C@H](/C=C/CCn1cc(CCO)nn1)[C@@]1(O)C(=O)N(C)c2ccc(NC(=O)[C@H]3O[C@@H](O)[C@H](O)[C@@H](O)[C@@H]3O)cc21. The average Bonchev–Trinajstić information content (AvgIpc) is 3.44. The van der Waals surface area contributed by atoms with Crippen molar-refractivity contribution in [3.05, 3.63) is 47.8 Å². The normalized spacial score (nSPS) is 29.6. The zero-order valence-corrected chi connectivity index (χ0v) is 21.5. The van der Waals surface area contributed by atoms with E-state index in [2.05, 4.69) is 15.6 Å². The highest BCUT2D eigenvalue weighted by Crippen LogP contribution is 2.45. The van der Waals surface area contributed by atoms with Crippen LogP contribution in [0.15, 0.2) is 36.5 Å². The Hall–Kier alpha value is -3.24. The first-order chi connectivity index (χ1) is 18.5. The van der Waals surface area contributed by atoms with Gasteiger partial charge in [-0.1, -0.05) is 24.3 Å². The largest absolute Gasteiger partial charge is 0.396 e. The number of aliphatic hydroxyl groups is 6. The maximum atomic E-state index is 13.2. The molecule has 0 bridgehead atoms. The van der Waals surface area contributed by atoms with Crippen molar-refractivity contribution < 1.29 is 45.0 Å². The van der Waals surface area contributed by atoms with Gasteiger partial charge in [0.25, 0.3) is 11.8 Å². The highest BCUT2D eigenvalue weighted by molar-refractivity contribution is 6.07. The Labute approximate surface area is 223 Å². The first kappa shape index (κ1) is 28.8. The lowest BCUT2D eigenvalue weighted by atomic mass is 9.82. The number of carbonyl (C=O) groups excluding carboxylic acids is 2. The van der Waals surface area contributed by atoms with Gasteiger partial charge in [-0.15, -0.1) is 5.10 Å². The van der Waals surface area contributed by atoms with Gasteiger partial charge in [0.2, 0.25) is 0 Å². The molecule has 7 N–H and O–H groups in total. The third-order valence-electron chi connectivity index (χ3n) is 7.08. The maximum absolute atomic E-state index is 13.2. The molecule has 1 saturated heterocycles. The number of rotatable bonds is 9. The maximum Gasteiger partial charge on any atom is 0.264 e. The molecule has 2 aromatic rings.